The highest BCUT2D eigenvalue weighted by Crippen LogP contribution is 2.31. The van der Waals surface area contributed by atoms with E-state index in [2.05, 4.69) is 20.8 Å². The van der Waals surface area contributed by atoms with Crippen LogP contribution in [0.1, 0.15) is 68.2 Å². The highest BCUT2D eigenvalue weighted by atomic mass is 17.2. The van der Waals surface area contributed by atoms with Crippen LogP contribution in [0.4, 0.5) is 0 Å². The molecule has 0 heterocycles. The minimum Gasteiger partial charge on any atom is -0.363 e. The van der Waals surface area contributed by atoms with Crippen molar-refractivity contribution in [2.45, 2.75) is 79.6 Å². The smallest absolute Gasteiger partial charge is 0.196 e. The van der Waals surface area contributed by atoms with Gasteiger partial charge in [-0.1, -0.05) is 34.6 Å². The van der Waals surface area contributed by atoms with Gasteiger partial charge in [0.1, 0.15) is 0 Å². The fourth-order valence-electron chi connectivity index (χ4n) is 2.30. The van der Waals surface area contributed by atoms with Crippen LogP contribution in [0.3, 0.4) is 0 Å². The third kappa shape index (κ3) is 9.57. The summed E-state index contributed by atoms with van der Waals surface area (Å²) in [6.45, 7) is 16.1. The van der Waals surface area contributed by atoms with E-state index >= 15 is 0 Å². The zero-order valence-corrected chi connectivity index (χ0v) is 12.8. The van der Waals surface area contributed by atoms with Crippen molar-refractivity contribution in [3.63, 3.8) is 0 Å². The van der Waals surface area contributed by atoms with E-state index in [9.17, 15) is 5.11 Å². The molecule has 0 bridgehead atoms. The molecule has 0 saturated heterocycles. The van der Waals surface area contributed by atoms with Crippen molar-refractivity contribution in [3.05, 3.63) is 0 Å². The van der Waals surface area contributed by atoms with Gasteiger partial charge in [-0.3, -0.25) is 0 Å². The summed E-state index contributed by atoms with van der Waals surface area (Å²) in [4.78, 5) is 10.6. The van der Waals surface area contributed by atoms with Crippen molar-refractivity contribution in [1.82, 2.24) is 0 Å². The molecule has 1 N–H and O–H groups in total. The fourth-order valence-corrected chi connectivity index (χ4v) is 2.30. The molecule has 0 fully saturated rings. The van der Waals surface area contributed by atoms with Crippen LogP contribution in [0.25, 0.3) is 0 Å². The molecule has 1 unspecified atom stereocenters. The first-order valence-corrected chi connectivity index (χ1v) is 6.42. The Labute approximate surface area is 106 Å². The van der Waals surface area contributed by atoms with Gasteiger partial charge in [0.05, 0.1) is 5.60 Å². The Hall–Kier alpha value is -0.120. The molecule has 0 aliphatic heterocycles. The van der Waals surface area contributed by atoms with E-state index in [1.54, 1.807) is 6.92 Å². The Morgan fingerprint density at radius 1 is 0.941 bits per heavy atom. The fraction of sp³-hybridized carbons (Fsp3) is 1.00. The lowest BCUT2D eigenvalue weighted by Gasteiger charge is -2.34. The second kappa shape index (κ2) is 5.68. The largest absolute Gasteiger partial charge is 0.363 e. The maximum Gasteiger partial charge on any atom is 0.196 e. The predicted octanol–water partition coefficient (Wildman–Crippen LogP) is 3.90. The predicted molar refractivity (Wildman–Crippen MR) is 70.4 cm³/mol. The zero-order chi connectivity index (χ0) is 13.9. The Morgan fingerprint density at radius 2 is 1.41 bits per heavy atom. The summed E-state index contributed by atoms with van der Waals surface area (Å²) in [7, 11) is 0. The number of hydrogen-bond donors (Lipinski definition) is 1. The summed E-state index contributed by atoms with van der Waals surface area (Å²) >= 11 is 0. The minimum absolute atomic E-state index is 0.163. The van der Waals surface area contributed by atoms with Crippen LogP contribution in [0.2, 0.25) is 0 Å². The van der Waals surface area contributed by atoms with Gasteiger partial charge in [-0.15, -0.1) is 0 Å². The Morgan fingerprint density at radius 3 is 1.76 bits per heavy atom. The van der Waals surface area contributed by atoms with Crippen LogP contribution < -0.4 is 0 Å². The second-order valence-corrected chi connectivity index (χ2v) is 7.44. The average molecular weight is 246 g/mol. The van der Waals surface area contributed by atoms with Crippen LogP contribution in [-0.2, 0) is 9.78 Å². The average Bonchev–Trinajstić information content (AvgIpc) is 1.94. The van der Waals surface area contributed by atoms with Crippen LogP contribution in [-0.4, -0.2) is 16.5 Å². The molecular formula is C14H30O3. The Bertz CT molecular complexity index is 224. The van der Waals surface area contributed by atoms with E-state index in [-0.39, 0.29) is 5.41 Å². The number of rotatable bonds is 6. The molecule has 104 valence electrons. The quantitative estimate of drug-likeness (QED) is 0.439. The van der Waals surface area contributed by atoms with Gasteiger partial charge in [0.15, 0.2) is 5.79 Å². The molecule has 0 radical (unpaired) electrons. The standard InChI is InChI=1S/C14H30O3/c1-11(2)9-14(8,15)17-16-13(6,7)10-12(3,4)5/h11,15H,9-10H2,1-8H3. The molecule has 0 aromatic heterocycles. The van der Waals surface area contributed by atoms with Gasteiger partial charge < -0.3 is 5.11 Å². The first-order chi connectivity index (χ1) is 7.33. The lowest BCUT2D eigenvalue weighted by Crippen LogP contribution is -2.37. The van der Waals surface area contributed by atoms with Gasteiger partial charge in [0.25, 0.3) is 0 Å². The first kappa shape index (κ1) is 16.9. The van der Waals surface area contributed by atoms with Gasteiger partial charge in [-0.2, -0.15) is 0 Å². The molecule has 17 heavy (non-hydrogen) atoms. The topological polar surface area (TPSA) is 38.7 Å². The van der Waals surface area contributed by atoms with Gasteiger partial charge in [-0.05, 0) is 38.5 Å². The molecule has 0 rings (SSSR count). The Balaban J connectivity index is 4.26. The number of hydrogen-bond acceptors (Lipinski definition) is 3. The lowest BCUT2D eigenvalue weighted by atomic mass is 9.84. The van der Waals surface area contributed by atoms with E-state index in [4.69, 9.17) is 9.78 Å². The van der Waals surface area contributed by atoms with E-state index in [0.29, 0.717) is 12.3 Å². The molecule has 0 saturated carbocycles. The van der Waals surface area contributed by atoms with Crippen molar-refractivity contribution < 1.29 is 14.9 Å². The second-order valence-electron chi connectivity index (χ2n) is 7.44. The number of aliphatic hydroxyl groups is 1. The van der Waals surface area contributed by atoms with Crippen molar-refractivity contribution in [2.24, 2.45) is 11.3 Å². The normalized spacial score (nSPS) is 17.3. The molecule has 0 spiro atoms. The van der Waals surface area contributed by atoms with E-state index < -0.39 is 11.4 Å². The van der Waals surface area contributed by atoms with Crippen molar-refractivity contribution in [1.29, 1.82) is 0 Å². The highest BCUT2D eigenvalue weighted by molar-refractivity contribution is 4.76. The van der Waals surface area contributed by atoms with Crippen LogP contribution >= 0.6 is 0 Å². The van der Waals surface area contributed by atoms with Crippen molar-refractivity contribution >= 4 is 0 Å². The van der Waals surface area contributed by atoms with Gasteiger partial charge in [0, 0.05) is 6.42 Å². The third-order valence-corrected chi connectivity index (χ3v) is 2.19. The maximum atomic E-state index is 10.00. The first-order valence-electron chi connectivity index (χ1n) is 6.42. The summed E-state index contributed by atoms with van der Waals surface area (Å²) in [5, 5.41) is 10.00. The van der Waals surface area contributed by atoms with E-state index in [1.807, 2.05) is 27.7 Å². The molecule has 0 aromatic rings. The molecule has 0 aromatic carbocycles. The Kier molecular flexibility index (Phi) is 5.64. The van der Waals surface area contributed by atoms with Gasteiger partial charge in [-0.25, -0.2) is 9.78 Å². The molecule has 3 nitrogen and oxygen atoms in total. The monoisotopic (exact) mass is 246 g/mol. The summed E-state index contributed by atoms with van der Waals surface area (Å²) in [5.41, 5.74) is -0.240. The molecule has 0 amide bonds. The summed E-state index contributed by atoms with van der Waals surface area (Å²) < 4.78 is 0. The summed E-state index contributed by atoms with van der Waals surface area (Å²) in [6.07, 6.45) is 1.41. The SMILES string of the molecule is CC(C)CC(C)(O)OOC(C)(C)CC(C)(C)C. The molecule has 0 aliphatic rings. The van der Waals surface area contributed by atoms with E-state index in [1.165, 1.54) is 0 Å². The van der Waals surface area contributed by atoms with Crippen LogP contribution in [0.15, 0.2) is 0 Å². The van der Waals surface area contributed by atoms with Crippen LogP contribution in [0.5, 0.6) is 0 Å². The van der Waals surface area contributed by atoms with E-state index in [0.717, 1.165) is 6.42 Å². The molecular weight excluding hydrogens is 216 g/mol. The van der Waals surface area contributed by atoms with Gasteiger partial charge in [0.2, 0.25) is 0 Å². The van der Waals surface area contributed by atoms with Gasteiger partial charge >= 0.3 is 0 Å². The van der Waals surface area contributed by atoms with Crippen molar-refractivity contribution in [3.8, 4) is 0 Å². The molecule has 1 atom stereocenters. The van der Waals surface area contributed by atoms with Crippen LogP contribution in [0, 0.1) is 11.3 Å². The lowest BCUT2D eigenvalue weighted by molar-refractivity contribution is -0.454. The molecule has 0 aliphatic carbocycles. The van der Waals surface area contributed by atoms with Crippen molar-refractivity contribution in [2.75, 3.05) is 0 Å². The summed E-state index contributed by atoms with van der Waals surface area (Å²) in [6, 6.07) is 0. The third-order valence-electron chi connectivity index (χ3n) is 2.19. The zero-order valence-electron chi connectivity index (χ0n) is 12.8. The maximum absolute atomic E-state index is 10.00. The summed E-state index contributed by atoms with van der Waals surface area (Å²) in [5.74, 6) is -0.858. The molecule has 3 heteroatoms. The highest BCUT2D eigenvalue weighted by Gasteiger charge is 2.32. The minimum atomic E-state index is -1.22.